The molecule has 4 nitrogen and oxygen atoms in total. The van der Waals surface area contributed by atoms with Gasteiger partial charge in [-0.05, 0) is 63.5 Å². The van der Waals surface area contributed by atoms with E-state index in [0.717, 1.165) is 18.6 Å². The summed E-state index contributed by atoms with van der Waals surface area (Å²) in [6, 6.07) is 8.32. The van der Waals surface area contributed by atoms with Crippen molar-refractivity contribution in [1.29, 1.82) is 0 Å². The maximum atomic E-state index is 12.5. The van der Waals surface area contributed by atoms with Crippen LogP contribution in [0.3, 0.4) is 0 Å². The van der Waals surface area contributed by atoms with Gasteiger partial charge in [0.25, 0.3) is 0 Å². The number of amides is 1. The fraction of sp³-hybridized carbons (Fsp3) is 0.650. The predicted octanol–water partition coefficient (Wildman–Crippen LogP) is 3.03. The highest BCUT2D eigenvalue weighted by Gasteiger charge is 2.40. The Bertz CT molecular complexity index is 543. The van der Waals surface area contributed by atoms with Crippen molar-refractivity contribution in [3.8, 4) is 5.75 Å². The summed E-state index contributed by atoms with van der Waals surface area (Å²) in [6.07, 6.45) is 5.52. The zero-order chi connectivity index (χ0) is 17.1. The summed E-state index contributed by atoms with van der Waals surface area (Å²) < 4.78 is 5.86. The SMILES string of the molecule is Cc1ccc(OC(C)CNC(=O)C2CC3CCCC(C2)C3N)cc1. The van der Waals surface area contributed by atoms with Gasteiger partial charge in [0.05, 0.1) is 6.54 Å². The Hall–Kier alpha value is -1.55. The van der Waals surface area contributed by atoms with Crippen molar-refractivity contribution in [2.75, 3.05) is 6.54 Å². The number of nitrogens with one attached hydrogen (secondary N) is 1. The second-order valence-corrected chi connectivity index (χ2v) is 7.68. The van der Waals surface area contributed by atoms with Crippen molar-refractivity contribution in [1.82, 2.24) is 5.32 Å². The maximum absolute atomic E-state index is 12.5. The first kappa shape index (κ1) is 17.3. The van der Waals surface area contributed by atoms with Crippen LogP contribution in [-0.4, -0.2) is 24.6 Å². The number of carbonyl (C=O) groups excluding carboxylic acids is 1. The standard InChI is InChI=1S/C20H30N2O2/c1-13-6-8-18(9-7-13)24-14(2)12-22-20(23)17-10-15-4-3-5-16(11-17)19(15)21/h6-9,14-17,19H,3-5,10-12,21H2,1-2H3,(H,22,23). The van der Waals surface area contributed by atoms with E-state index in [1.165, 1.54) is 24.8 Å². The topological polar surface area (TPSA) is 64.3 Å². The summed E-state index contributed by atoms with van der Waals surface area (Å²) in [5, 5.41) is 3.08. The van der Waals surface area contributed by atoms with Crippen LogP contribution in [0.25, 0.3) is 0 Å². The van der Waals surface area contributed by atoms with E-state index in [1.54, 1.807) is 0 Å². The molecule has 1 aromatic rings. The average Bonchev–Trinajstić information content (AvgIpc) is 2.54. The van der Waals surface area contributed by atoms with E-state index in [1.807, 2.05) is 31.2 Å². The normalized spacial score (nSPS) is 30.5. The molecular formula is C20H30N2O2. The molecule has 3 unspecified atom stereocenters. The molecule has 132 valence electrons. The lowest BCUT2D eigenvalue weighted by Crippen LogP contribution is -2.49. The van der Waals surface area contributed by atoms with Gasteiger partial charge >= 0.3 is 0 Å². The molecule has 0 saturated heterocycles. The Kier molecular flexibility index (Phi) is 5.44. The molecule has 2 saturated carbocycles. The maximum Gasteiger partial charge on any atom is 0.223 e. The van der Waals surface area contributed by atoms with Crippen LogP contribution in [0, 0.1) is 24.7 Å². The second-order valence-electron chi connectivity index (χ2n) is 7.68. The van der Waals surface area contributed by atoms with E-state index in [0.29, 0.717) is 24.4 Å². The van der Waals surface area contributed by atoms with E-state index in [9.17, 15) is 4.79 Å². The minimum atomic E-state index is -0.0398. The molecule has 3 rings (SSSR count). The molecule has 2 aliphatic rings. The van der Waals surface area contributed by atoms with Crippen molar-refractivity contribution in [3.05, 3.63) is 29.8 Å². The number of hydrogen-bond donors (Lipinski definition) is 2. The smallest absolute Gasteiger partial charge is 0.223 e. The van der Waals surface area contributed by atoms with E-state index in [4.69, 9.17) is 10.5 Å². The molecule has 0 aliphatic heterocycles. The van der Waals surface area contributed by atoms with E-state index < -0.39 is 0 Å². The first-order chi connectivity index (χ1) is 11.5. The number of carbonyl (C=O) groups is 1. The monoisotopic (exact) mass is 330 g/mol. The number of aryl methyl sites for hydroxylation is 1. The summed E-state index contributed by atoms with van der Waals surface area (Å²) in [5.41, 5.74) is 7.53. The summed E-state index contributed by atoms with van der Waals surface area (Å²) in [6.45, 7) is 4.59. The van der Waals surface area contributed by atoms with Crippen molar-refractivity contribution < 1.29 is 9.53 Å². The molecule has 3 N–H and O–H groups in total. The van der Waals surface area contributed by atoms with Gasteiger partial charge in [-0.2, -0.15) is 0 Å². The van der Waals surface area contributed by atoms with Crippen LogP contribution in [0.1, 0.15) is 44.6 Å². The summed E-state index contributed by atoms with van der Waals surface area (Å²) in [7, 11) is 0. The van der Waals surface area contributed by atoms with Crippen molar-refractivity contribution in [3.63, 3.8) is 0 Å². The van der Waals surface area contributed by atoms with Gasteiger partial charge in [-0.25, -0.2) is 0 Å². The number of fused-ring (bicyclic) bond motifs is 2. The van der Waals surface area contributed by atoms with Crippen LogP contribution >= 0.6 is 0 Å². The molecule has 4 heteroatoms. The zero-order valence-electron chi connectivity index (χ0n) is 14.8. The van der Waals surface area contributed by atoms with Crippen molar-refractivity contribution in [2.24, 2.45) is 23.5 Å². The Morgan fingerprint density at radius 2 is 1.88 bits per heavy atom. The van der Waals surface area contributed by atoms with Gasteiger partial charge in [0, 0.05) is 12.0 Å². The molecule has 0 aromatic heterocycles. The average molecular weight is 330 g/mol. The highest BCUT2D eigenvalue weighted by atomic mass is 16.5. The molecule has 0 heterocycles. The van der Waals surface area contributed by atoms with Crippen LogP contribution in [0.15, 0.2) is 24.3 Å². The van der Waals surface area contributed by atoms with Crippen LogP contribution in [0.4, 0.5) is 0 Å². The number of rotatable bonds is 5. The van der Waals surface area contributed by atoms with E-state index >= 15 is 0 Å². The van der Waals surface area contributed by atoms with Crippen LogP contribution in [0.2, 0.25) is 0 Å². The number of hydrogen-bond acceptors (Lipinski definition) is 3. The molecule has 1 amide bonds. The molecule has 1 aromatic carbocycles. The lowest BCUT2D eigenvalue weighted by atomic mass is 9.65. The first-order valence-corrected chi connectivity index (χ1v) is 9.29. The molecule has 0 radical (unpaired) electrons. The third-order valence-electron chi connectivity index (χ3n) is 5.71. The van der Waals surface area contributed by atoms with Crippen molar-refractivity contribution >= 4 is 5.91 Å². The molecule has 2 bridgehead atoms. The fourth-order valence-electron chi connectivity index (χ4n) is 4.28. The lowest BCUT2D eigenvalue weighted by Gasteiger charge is -2.43. The minimum Gasteiger partial charge on any atom is -0.489 e. The second kappa shape index (κ2) is 7.56. The van der Waals surface area contributed by atoms with Crippen LogP contribution in [0.5, 0.6) is 5.75 Å². The molecule has 2 fully saturated rings. The third kappa shape index (κ3) is 4.10. The zero-order valence-corrected chi connectivity index (χ0v) is 14.8. The highest BCUT2D eigenvalue weighted by molar-refractivity contribution is 5.78. The fourth-order valence-corrected chi connectivity index (χ4v) is 4.28. The van der Waals surface area contributed by atoms with Gasteiger partial charge in [-0.3, -0.25) is 4.79 Å². The van der Waals surface area contributed by atoms with Gasteiger partial charge in [0.1, 0.15) is 11.9 Å². The third-order valence-corrected chi connectivity index (χ3v) is 5.71. The largest absolute Gasteiger partial charge is 0.489 e. The summed E-state index contributed by atoms with van der Waals surface area (Å²) >= 11 is 0. The molecule has 24 heavy (non-hydrogen) atoms. The van der Waals surface area contributed by atoms with Gasteiger partial charge in [0.15, 0.2) is 0 Å². The lowest BCUT2D eigenvalue weighted by molar-refractivity contribution is -0.128. The Balaban J connectivity index is 1.46. The Labute approximate surface area is 145 Å². The predicted molar refractivity (Wildman–Crippen MR) is 95.8 cm³/mol. The number of benzene rings is 1. The van der Waals surface area contributed by atoms with Gasteiger partial charge < -0.3 is 15.8 Å². The Morgan fingerprint density at radius 1 is 1.25 bits per heavy atom. The molecule has 2 aliphatic carbocycles. The van der Waals surface area contributed by atoms with Crippen molar-refractivity contribution in [2.45, 2.75) is 58.1 Å². The highest BCUT2D eigenvalue weighted by Crippen LogP contribution is 2.41. The van der Waals surface area contributed by atoms with Gasteiger partial charge in [-0.1, -0.05) is 24.1 Å². The molecule has 0 spiro atoms. The first-order valence-electron chi connectivity index (χ1n) is 9.29. The van der Waals surface area contributed by atoms with Crippen LogP contribution in [-0.2, 0) is 4.79 Å². The Morgan fingerprint density at radius 3 is 2.50 bits per heavy atom. The van der Waals surface area contributed by atoms with E-state index in [-0.39, 0.29) is 17.9 Å². The number of ether oxygens (including phenoxy) is 1. The summed E-state index contributed by atoms with van der Waals surface area (Å²) in [4.78, 5) is 12.5. The van der Waals surface area contributed by atoms with Gasteiger partial charge in [-0.15, -0.1) is 0 Å². The molecular weight excluding hydrogens is 300 g/mol. The quantitative estimate of drug-likeness (QED) is 0.872. The number of nitrogens with two attached hydrogens (primary N) is 1. The summed E-state index contributed by atoms with van der Waals surface area (Å²) in [5.74, 6) is 2.23. The minimum absolute atomic E-state index is 0.0398. The van der Waals surface area contributed by atoms with E-state index in [2.05, 4.69) is 12.2 Å². The molecule has 3 atom stereocenters. The van der Waals surface area contributed by atoms with Gasteiger partial charge in [0.2, 0.25) is 5.91 Å². The van der Waals surface area contributed by atoms with Crippen LogP contribution < -0.4 is 15.8 Å².